The lowest BCUT2D eigenvalue weighted by molar-refractivity contribution is -0.144. The first-order chi connectivity index (χ1) is 38.5. The maximum atomic E-state index is 13.7. The molecule has 5 heterocycles. The van der Waals surface area contributed by atoms with Gasteiger partial charge in [-0.1, -0.05) is 127 Å². The van der Waals surface area contributed by atoms with Crippen molar-refractivity contribution in [2.75, 3.05) is 32.7 Å². The fourth-order valence-corrected chi connectivity index (χ4v) is 10.9. The predicted octanol–water partition coefficient (Wildman–Crippen LogP) is 9.90. The number of unbranched alkanes of at least 4 members (excludes halogenated alkanes) is 4. The monoisotopic (exact) mass is 1100 g/mol. The molecule has 3 atom stereocenters. The van der Waals surface area contributed by atoms with Crippen LogP contribution in [0, 0.1) is 19.3 Å². The van der Waals surface area contributed by atoms with E-state index in [4.69, 9.17) is 4.98 Å². The van der Waals surface area contributed by atoms with Crippen LogP contribution in [0.25, 0.3) is 21.7 Å². The normalized spacial score (nSPS) is 15.9. The number of amides is 4. The van der Waals surface area contributed by atoms with Crippen LogP contribution in [-0.2, 0) is 45.1 Å². The summed E-state index contributed by atoms with van der Waals surface area (Å²) in [6.07, 6.45) is 12.7. The molecule has 2 aliphatic heterocycles. The molecule has 3 N–H and O–H groups in total. The highest BCUT2D eigenvalue weighted by Gasteiger charge is 2.44. The van der Waals surface area contributed by atoms with Gasteiger partial charge >= 0.3 is 0 Å². The van der Waals surface area contributed by atoms with E-state index in [1.165, 1.54) is 10.5 Å². The topological polar surface area (TPSA) is 191 Å². The Morgan fingerprint density at radius 1 is 0.787 bits per heavy atom. The number of nitrogens with one attached hydrogen (secondary N) is 2. The number of benzene rings is 3. The Labute approximate surface area is 477 Å². The Hall–Kier alpha value is -7.01. The third-order valence-corrected chi connectivity index (χ3v) is 15.9. The lowest BCUT2D eigenvalue weighted by atomic mass is 9.85. The van der Waals surface area contributed by atoms with Crippen LogP contribution >= 0.6 is 11.3 Å². The number of aliphatic hydroxyl groups is 1. The van der Waals surface area contributed by atoms with Crippen molar-refractivity contribution in [3.8, 4) is 21.7 Å². The molecular weight excluding hydrogens is 1020 g/mol. The average Bonchev–Trinajstić information content (AvgIpc) is 4.08. The zero-order valence-corrected chi connectivity index (χ0v) is 48.7. The molecule has 0 bridgehead atoms. The van der Waals surface area contributed by atoms with Crippen molar-refractivity contribution in [1.29, 1.82) is 0 Å². The highest BCUT2D eigenvalue weighted by molar-refractivity contribution is 7.13. The van der Waals surface area contributed by atoms with Crippen molar-refractivity contribution in [1.82, 2.24) is 45.3 Å². The van der Waals surface area contributed by atoms with E-state index in [0.717, 1.165) is 132 Å². The number of aliphatic hydroxyl groups excluding tert-OH is 1. The molecular formula is C64H81N9O6S. The highest BCUT2D eigenvalue weighted by atomic mass is 32.1. The number of carbonyl (C=O) groups excluding carboxylic acids is 5. The predicted molar refractivity (Wildman–Crippen MR) is 316 cm³/mol. The van der Waals surface area contributed by atoms with Crippen molar-refractivity contribution in [2.45, 2.75) is 150 Å². The minimum atomic E-state index is -0.790. The summed E-state index contributed by atoms with van der Waals surface area (Å²) in [6, 6.07) is 26.3. The van der Waals surface area contributed by atoms with Crippen LogP contribution in [0.2, 0.25) is 0 Å². The summed E-state index contributed by atoms with van der Waals surface area (Å²) in [5.74, 6) is 0.309. The van der Waals surface area contributed by atoms with E-state index in [2.05, 4.69) is 68.6 Å². The number of β-amino-alcohol motifs (C(OH)–C–C–N with tert-alkyl or cyclic N) is 1. The molecule has 2 fully saturated rings. The fraction of sp³-hybridized carbons (Fsp3) is 0.453. The van der Waals surface area contributed by atoms with Crippen LogP contribution in [0.5, 0.6) is 0 Å². The number of ketones is 1. The minimum Gasteiger partial charge on any atom is -0.391 e. The molecule has 3 aromatic carbocycles. The molecule has 4 amide bonds. The summed E-state index contributed by atoms with van der Waals surface area (Å²) >= 11 is 1.59. The molecule has 15 nitrogen and oxygen atoms in total. The molecule has 3 aromatic heterocycles. The molecule has 2 saturated heterocycles. The van der Waals surface area contributed by atoms with E-state index in [-0.39, 0.29) is 42.4 Å². The number of carbonyl (C=O) groups is 5. The Balaban J connectivity index is 0.000000232. The van der Waals surface area contributed by atoms with Gasteiger partial charge in [-0.15, -0.1) is 11.3 Å². The van der Waals surface area contributed by atoms with Gasteiger partial charge in [0.1, 0.15) is 17.9 Å². The third-order valence-electron chi connectivity index (χ3n) is 14.9. The van der Waals surface area contributed by atoms with Crippen molar-refractivity contribution in [3.63, 3.8) is 0 Å². The second-order valence-corrected chi connectivity index (χ2v) is 23.2. The Morgan fingerprint density at radius 3 is 2.19 bits per heavy atom. The number of rotatable bonds is 22. The number of thiazole rings is 1. The van der Waals surface area contributed by atoms with Crippen molar-refractivity contribution < 1.29 is 29.1 Å². The van der Waals surface area contributed by atoms with E-state index in [1.807, 2.05) is 106 Å². The molecule has 0 unspecified atom stereocenters. The second kappa shape index (κ2) is 29.5. The number of aryl methyl sites for hydroxylation is 2. The zero-order valence-electron chi connectivity index (χ0n) is 47.9. The van der Waals surface area contributed by atoms with Crippen LogP contribution in [0.3, 0.4) is 0 Å². The number of aromatic nitrogens is 4. The van der Waals surface area contributed by atoms with E-state index < -0.39 is 23.6 Å². The molecule has 8 rings (SSSR count). The van der Waals surface area contributed by atoms with Crippen molar-refractivity contribution in [2.24, 2.45) is 5.41 Å². The summed E-state index contributed by atoms with van der Waals surface area (Å²) in [6.45, 7) is 18.5. The minimum absolute atomic E-state index is 0.0687. The largest absolute Gasteiger partial charge is 0.391 e. The molecule has 0 aliphatic carbocycles. The van der Waals surface area contributed by atoms with E-state index in [1.54, 1.807) is 29.9 Å². The van der Waals surface area contributed by atoms with Gasteiger partial charge in [-0.25, -0.2) is 15.0 Å². The maximum Gasteiger partial charge on any atom is 0.246 e. The van der Waals surface area contributed by atoms with E-state index in [0.29, 0.717) is 32.2 Å². The van der Waals surface area contributed by atoms with E-state index in [9.17, 15) is 29.1 Å². The van der Waals surface area contributed by atoms with Gasteiger partial charge in [0.15, 0.2) is 5.78 Å². The standard InChI is InChI=1S/C34H37N5O2.C30H44N4O4S/c1-3-5-34(41)39-18-16-38(17-19-39)24-26-9-11-28(12-10-26)32(40)21-27-8-7-25(2)30(20-27)22-33-36-15-13-31(37-33)29-6-4-14-35-23-29;1-6-7-8-9-10-11-25(36)33-27(30(3,4)5)29(38)34-18-23(35)16-24(34)28(37)31-17-21-12-14-22(15-13-21)26-20(2)32-19-39-26/h4,6-15,20,23H,3,5,16-19,21-22,24H2,1-2H3;12-15,19,23-24,27,35H,6-11,16-18H2,1-5H3,(H,31,37)(H,33,36)/t;23-,24+,27-/m.1/s1. The molecule has 424 valence electrons. The van der Waals surface area contributed by atoms with Crippen LogP contribution in [0.4, 0.5) is 0 Å². The molecule has 0 saturated carbocycles. The first-order valence-corrected chi connectivity index (χ1v) is 29.4. The Morgan fingerprint density at radius 2 is 1.51 bits per heavy atom. The lowest BCUT2D eigenvalue weighted by Gasteiger charge is -2.35. The first kappa shape index (κ1) is 60.6. The second-order valence-electron chi connectivity index (χ2n) is 22.3. The van der Waals surface area contributed by atoms with Crippen molar-refractivity contribution >= 4 is 40.7 Å². The molecule has 80 heavy (non-hydrogen) atoms. The van der Waals surface area contributed by atoms with Gasteiger partial charge in [0.2, 0.25) is 23.6 Å². The molecule has 0 radical (unpaired) electrons. The first-order valence-electron chi connectivity index (χ1n) is 28.5. The fourth-order valence-electron chi connectivity index (χ4n) is 10.1. The van der Waals surface area contributed by atoms with Gasteiger partial charge in [0.25, 0.3) is 0 Å². The number of piperazine rings is 1. The summed E-state index contributed by atoms with van der Waals surface area (Å²) < 4.78 is 0. The van der Waals surface area contributed by atoms with Gasteiger partial charge in [0, 0.05) is 108 Å². The molecule has 0 spiro atoms. The van der Waals surface area contributed by atoms with Crippen LogP contribution < -0.4 is 10.6 Å². The number of hydrogen-bond acceptors (Lipinski definition) is 12. The summed E-state index contributed by atoms with van der Waals surface area (Å²) in [5, 5.41) is 16.2. The zero-order chi connectivity index (χ0) is 57.2. The van der Waals surface area contributed by atoms with Gasteiger partial charge in [-0.05, 0) is 83.7 Å². The average molecular weight is 1100 g/mol. The van der Waals surface area contributed by atoms with E-state index >= 15 is 0 Å². The number of Topliss-reactive ketones (excluding diaryl/α,β-unsaturated/α-hetero) is 1. The maximum absolute atomic E-state index is 13.7. The number of pyridine rings is 1. The van der Waals surface area contributed by atoms with Gasteiger partial charge in [-0.2, -0.15) is 0 Å². The van der Waals surface area contributed by atoms with Crippen molar-refractivity contribution in [3.05, 3.63) is 154 Å². The number of nitrogens with zero attached hydrogens (tertiary/aromatic N) is 7. The Bertz CT molecular complexity index is 2990. The SMILES string of the molecule is CCCC(=O)N1CCN(Cc2ccc(C(=O)Cc3ccc(C)c(Cc4nccc(-c5cccnc5)n4)c3)cc2)CC1.CCCCCCCC(=O)N[C@H](C(=O)N1C[C@H](O)C[C@H]1C(=O)NCc1ccc(-c2scnc2C)cc1)C(C)(C)C. The number of hydrogen-bond donors (Lipinski definition) is 3. The lowest BCUT2D eigenvalue weighted by Crippen LogP contribution is -2.57. The summed E-state index contributed by atoms with van der Waals surface area (Å²) in [4.78, 5) is 89.5. The summed E-state index contributed by atoms with van der Waals surface area (Å²) in [5.41, 5.74) is 11.2. The molecule has 6 aromatic rings. The van der Waals surface area contributed by atoms with Gasteiger partial charge < -0.3 is 25.5 Å². The third kappa shape index (κ3) is 17.5. The van der Waals surface area contributed by atoms with Crippen LogP contribution in [0.15, 0.2) is 109 Å². The van der Waals surface area contributed by atoms with Gasteiger partial charge in [-0.3, -0.25) is 33.9 Å². The van der Waals surface area contributed by atoms with Gasteiger partial charge in [0.05, 0.1) is 27.9 Å². The number of likely N-dealkylation sites (tertiary alicyclic amines) is 1. The van der Waals surface area contributed by atoms with Crippen LogP contribution in [0.1, 0.15) is 142 Å². The summed E-state index contributed by atoms with van der Waals surface area (Å²) in [7, 11) is 0. The molecule has 16 heteroatoms. The van der Waals surface area contributed by atoms with Crippen LogP contribution in [-0.4, -0.2) is 120 Å². The quantitative estimate of drug-likeness (QED) is 0.0433. The highest BCUT2D eigenvalue weighted by Crippen LogP contribution is 2.29. The Kier molecular flexibility index (Phi) is 22.3. The molecule has 2 aliphatic rings. The smallest absolute Gasteiger partial charge is 0.246 e.